The first-order valence-electron chi connectivity index (χ1n) is 8.94. The molecule has 0 N–H and O–H groups in total. The summed E-state index contributed by atoms with van der Waals surface area (Å²) in [5.41, 5.74) is 0. The molecule has 0 radical (unpaired) electrons. The van der Waals surface area contributed by atoms with Gasteiger partial charge < -0.3 is 0 Å². The summed E-state index contributed by atoms with van der Waals surface area (Å²) in [7, 11) is -3.89. The second-order valence-electron chi connectivity index (χ2n) is 6.20. The Bertz CT molecular complexity index is 367. The van der Waals surface area contributed by atoms with Crippen molar-refractivity contribution in [2.24, 2.45) is 0 Å². The predicted octanol–water partition coefficient (Wildman–Crippen LogP) is 5.17. The van der Waals surface area contributed by atoms with E-state index in [4.69, 9.17) is 8.15 Å². The van der Waals surface area contributed by atoms with Crippen LogP contribution in [-0.2, 0) is 18.6 Å². The molecule has 0 amide bonds. The Hall–Kier alpha value is 0.300. The Morgan fingerprint density at radius 2 is 1.18 bits per heavy atom. The molecular formula is C16H37O4PS. The van der Waals surface area contributed by atoms with Crippen LogP contribution in [0.3, 0.4) is 0 Å². The zero-order chi connectivity index (χ0) is 17.1. The van der Waals surface area contributed by atoms with E-state index in [-0.39, 0.29) is 6.61 Å². The van der Waals surface area contributed by atoms with Crippen LogP contribution in [0.15, 0.2) is 0 Å². The van der Waals surface area contributed by atoms with Crippen molar-refractivity contribution in [3.8, 4) is 0 Å². The molecule has 0 aromatic rings. The van der Waals surface area contributed by atoms with Gasteiger partial charge in [-0.2, -0.15) is 0 Å². The summed E-state index contributed by atoms with van der Waals surface area (Å²) in [5, 5.41) is 0. The van der Waals surface area contributed by atoms with E-state index in [2.05, 4.69) is 6.92 Å². The van der Waals surface area contributed by atoms with Crippen molar-refractivity contribution < 1.29 is 16.6 Å². The molecule has 0 aliphatic heterocycles. The third kappa shape index (κ3) is 6.82. The standard InChI is InChI=1S/C16H37O4PS/c1-6-11-12-13-14-15-16-19-22(17,18)20-21(7-2,8-3,9-4)10-5/h6-16H2,1-5H3. The first-order valence-corrected chi connectivity index (χ1v) is 13.2. The van der Waals surface area contributed by atoms with Gasteiger partial charge in [-0.15, -0.1) is 0 Å². The molecule has 0 fully saturated rings. The molecule has 0 aromatic heterocycles. The molecule has 0 heterocycles. The Balaban J connectivity index is 4.44. The van der Waals surface area contributed by atoms with Gasteiger partial charge in [0.15, 0.2) is 0 Å². The molecule has 0 unspecified atom stereocenters. The van der Waals surface area contributed by atoms with Gasteiger partial charge in [0.2, 0.25) is 0 Å². The Labute approximate surface area is 138 Å². The van der Waals surface area contributed by atoms with Gasteiger partial charge in [0.25, 0.3) is 0 Å². The number of rotatable bonds is 14. The Morgan fingerprint density at radius 3 is 1.64 bits per heavy atom. The molecule has 0 spiro atoms. The fraction of sp³-hybridized carbons (Fsp3) is 1.00. The first-order chi connectivity index (χ1) is 10.3. The van der Waals surface area contributed by atoms with Gasteiger partial charge in [-0.05, 0) is 0 Å². The number of unbranched alkanes of at least 4 members (excludes halogenated alkanes) is 5. The van der Waals surface area contributed by atoms with Gasteiger partial charge in [0, 0.05) is 0 Å². The van der Waals surface area contributed by atoms with E-state index >= 15 is 0 Å². The second kappa shape index (κ2) is 10.2. The van der Waals surface area contributed by atoms with E-state index in [9.17, 15) is 8.42 Å². The zero-order valence-corrected chi connectivity index (χ0v) is 17.0. The van der Waals surface area contributed by atoms with E-state index in [0.717, 1.165) is 43.9 Å². The van der Waals surface area contributed by atoms with Crippen molar-refractivity contribution in [1.29, 1.82) is 0 Å². The third-order valence-corrected chi connectivity index (χ3v) is 14.5. The van der Waals surface area contributed by atoms with E-state index in [1.165, 1.54) is 19.3 Å². The molecule has 0 bridgehead atoms. The second-order valence-corrected chi connectivity index (χ2v) is 14.1. The minimum absolute atomic E-state index is 0.238. The van der Waals surface area contributed by atoms with Crippen LogP contribution in [0.2, 0.25) is 0 Å². The summed E-state index contributed by atoms with van der Waals surface area (Å²) in [6.07, 6.45) is 9.76. The molecule has 0 atom stereocenters. The van der Waals surface area contributed by atoms with Crippen molar-refractivity contribution in [3.63, 3.8) is 0 Å². The molecule has 0 aromatic carbocycles. The van der Waals surface area contributed by atoms with E-state index in [1.807, 2.05) is 27.7 Å². The van der Waals surface area contributed by atoms with E-state index < -0.39 is 17.2 Å². The summed E-state index contributed by atoms with van der Waals surface area (Å²) in [6.45, 7) is 7.92. The molecule has 0 saturated heterocycles. The molecule has 22 heavy (non-hydrogen) atoms. The van der Waals surface area contributed by atoms with Gasteiger partial charge >= 0.3 is 138 Å². The van der Waals surface area contributed by atoms with Crippen LogP contribution in [0.1, 0.15) is 73.1 Å². The monoisotopic (exact) mass is 356 g/mol. The SMILES string of the molecule is CCCCCCCCOS(=O)(=O)OP(CC)(CC)(CC)CC. The van der Waals surface area contributed by atoms with Crippen LogP contribution in [0.5, 0.6) is 0 Å². The Morgan fingerprint density at radius 1 is 0.727 bits per heavy atom. The molecule has 0 aliphatic carbocycles. The fourth-order valence-electron chi connectivity index (χ4n) is 2.88. The van der Waals surface area contributed by atoms with E-state index in [0.29, 0.717) is 0 Å². The van der Waals surface area contributed by atoms with Gasteiger partial charge in [0.1, 0.15) is 0 Å². The van der Waals surface area contributed by atoms with Gasteiger partial charge in [-0.25, -0.2) is 0 Å². The van der Waals surface area contributed by atoms with Crippen LogP contribution in [0.4, 0.5) is 0 Å². The molecular weight excluding hydrogens is 319 g/mol. The van der Waals surface area contributed by atoms with Crippen molar-refractivity contribution in [1.82, 2.24) is 0 Å². The van der Waals surface area contributed by atoms with Crippen molar-refractivity contribution in [2.75, 3.05) is 31.3 Å². The third-order valence-electron chi connectivity index (χ3n) is 5.23. The zero-order valence-electron chi connectivity index (χ0n) is 15.3. The first kappa shape index (κ1) is 22.3. The van der Waals surface area contributed by atoms with Crippen LogP contribution in [0.25, 0.3) is 0 Å². The molecule has 6 heteroatoms. The number of hydrogen-bond acceptors (Lipinski definition) is 4. The molecule has 0 rings (SSSR count). The molecule has 0 aliphatic rings. The van der Waals surface area contributed by atoms with Gasteiger partial charge in [-0.3, -0.25) is 0 Å². The van der Waals surface area contributed by atoms with Crippen LogP contribution >= 0.6 is 6.83 Å². The van der Waals surface area contributed by atoms with Gasteiger partial charge in [0.05, 0.1) is 0 Å². The summed E-state index contributed by atoms with van der Waals surface area (Å²) in [6, 6.07) is 0. The summed E-state index contributed by atoms with van der Waals surface area (Å²) in [5.74, 6) is 0. The average Bonchev–Trinajstić information content (AvgIpc) is 2.52. The molecule has 4 nitrogen and oxygen atoms in total. The minimum atomic E-state index is -3.89. The topological polar surface area (TPSA) is 52.6 Å². The fourth-order valence-corrected chi connectivity index (χ4v) is 9.81. The summed E-state index contributed by atoms with van der Waals surface area (Å²) >= 11 is 0. The van der Waals surface area contributed by atoms with Crippen molar-refractivity contribution >= 4 is 17.2 Å². The van der Waals surface area contributed by atoms with E-state index in [1.54, 1.807) is 0 Å². The van der Waals surface area contributed by atoms with Gasteiger partial charge in [-0.1, -0.05) is 0 Å². The molecule has 136 valence electrons. The maximum atomic E-state index is 12.2. The quantitative estimate of drug-likeness (QED) is 0.318. The van der Waals surface area contributed by atoms with Crippen LogP contribution < -0.4 is 0 Å². The van der Waals surface area contributed by atoms with Crippen LogP contribution in [-0.4, -0.2) is 39.7 Å². The normalized spacial score (nSPS) is 14.7. The Kier molecular flexibility index (Phi) is 10.4. The summed E-state index contributed by atoms with van der Waals surface area (Å²) in [4.78, 5) is 0. The maximum absolute atomic E-state index is 12.2. The van der Waals surface area contributed by atoms with Crippen LogP contribution in [0, 0.1) is 0 Å². The predicted molar refractivity (Wildman–Crippen MR) is 98.4 cm³/mol. The average molecular weight is 357 g/mol. The van der Waals surface area contributed by atoms with Crippen molar-refractivity contribution in [3.05, 3.63) is 0 Å². The number of hydrogen-bond donors (Lipinski definition) is 0. The summed E-state index contributed by atoms with van der Waals surface area (Å²) < 4.78 is 35.3. The van der Waals surface area contributed by atoms with Crippen molar-refractivity contribution in [2.45, 2.75) is 73.1 Å². The molecule has 0 saturated carbocycles.